The SMILES string of the molecule is NCCC(=O)NCC1CCCCN1Cc1cc(-c2ccccc2)cs1. The molecule has 1 fully saturated rings. The van der Waals surface area contributed by atoms with Crippen molar-refractivity contribution in [3.63, 3.8) is 0 Å². The van der Waals surface area contributed by atoms with E-state index in [4.69, 9.17) is 5.73 Å². The molecule has 1 aromatic carbocycles. The smallest absolute Gasteiger partial charge is 0.221 e. The summed E-state index contributed by atoms with van der Waals surface area (Å²) >= 11 is 1.83. The standard InChI is InChI=1S/C20H27N3OS/c21-10-9-20(24)22-13-18-8-4-5-11-23(18)14-19-12-17(15-25-19)16-6-2-1-3-7-16/h1-3,6-7,12,15,18H,4-5,8-11,13-14,21H2,(H,22,24). The van der Waals surface area contributed by atoms with Crippen LogP contribution in [0.5, 0.6) is 0 Å². The second kappa shape index (κ2) is 9.13. The lowest BCUT2D eigenvalue weighted by Crippen LogP contribution is -2.46. The number of carbonyl (C=O) groups is 1. The van der Waals surface area contributed by atoms with E-state index in [0.717, 1.165) is 26.1 Å². The number of piperidine rings is 1. The molecule has 2 heterocycles. The summed E-state index contributed by atoms with van der Waals surface area (Å²) < 4.78 is 0. The molecule has 1 unspecified atom stereocenters. The molecule has 1 saturated heterocycles. The van der Waals surface area contributed by atoms with E-state index in [0.29, 0.717) is 19.0 Å². The Morgan fingerprint density at radius 2 is 2.08 bits per heavy atom. The monoisotopic (exact) mass is 357 g/mol. The Bertz CT molecular complexity index is 671. The average molecular weight is 358 g/mol. The molecule has 3 N–H and O–H groups in total. The molecule has 4 nitrogen and oxygen atoms in total. The first-order valence-corrected chi connectivity index (χ1v) is 9.98. The van der Waals surface area contributed by atoms with Crippen LogP contribution in [0, 0.1) is 0 Å². The molecule has 1 aliphatic rings. The van der Waals surface area contributed by atoms with Crippen LogP contribution in [0.3, 0.4) is 0 Å². The van der Waals surface area contributed by atoms with Crippen LogP contribution < -0.4 is 11.1 Å². The van der Waals surface area contributed by atoms with Crippen LogP contribution in [0.15, 0.2) is 41.8 Å². The quantitative estimate of drug-likeness (QED) is 0.800. The van der Waals surface area contributed by atoms with E-state index < -0.39 is 0 Å². The van der Waals surface area contributed by atoms with Gasteiger partial charge in [-0.25, -0.2) is 0 Å². The Balaban J connectivity index is 1.60. The molecule has 1 atom stereocenters. The number of rotatable bonds is 7. The maximum Gasteiger partial charge on any atom is 0.221 e. The molecule has 1 aliphatic heterocycles. The summed E-state index contributed by atoms with van der Waals surface area (Å²) in [5.74, 6) is 0.0653. The van der Waals surface area contributed by atoms with Crippen molar-refractivity contribution in [3.8, 4) is 11.1 Å². The normalized spacial score (nSPS) is 18.2. The number of nitrogens with zero attached hydrogens (tertiary/aromatic N) is 1. The molecule has 5 heteroatoms. The van der Waals surface area contributed by atoms with Gasteiger partial charge in [-0.15, -0.1) is 11.3 Å². The van der Waals surface area contributed by atoms with Crippen molar-refractivity contribution < 1.29 is 4.79 Å². The maximum atomic E-state index is 11.7. The molecule has 25 heavy (non-hydrogen) atoms. The zero-order valence-corrected chi connectivity index (χ0v) is 15.4. The Labute approximate surface area is 154 Å². The highest BCUT2D eigenvalue weighted by molar-refractivity contribution is 7.10. The first kappa shape index (κ1) is 18.1. The summed E-state index contributed by atoms with van der Waals surface area (Å²) in [5.41, 5.74) is 8.02. The van der Waals surface area contributed by atoms with Crippen LogP contribution in [0.2, 0.25) is 0 Å². The molecular weight excluding hydrogens is 330 g/mol. The number of likely N-dealkylation sites (tertiary alicyclic amines) is 1. The number of amides is 1. The molecule has 0 spiro atoms. The Morgan fingerprint density at radius 1 is 1.24 bits per heavy atom. The van der Waals surface area contributed by atoms with E-state index in [-0.39, 0.29) is 5.91 Å². The van der Waals surface area contributed by atoms with Crippen LogP contribution in [0.1, 0.15) is 30.6 Å². The van der Waals surface area contributed by atoms with Crippen LogP contribution in [-0.4, -0.2) is 36.5 Å². The van der Waals surface area contributed by atoms with Gasteiger partial charge in [0.2, 0.25) is 5.91 Å². The predicted molar refractivity (Wildman–Crippen MR) is 104 cm³/mol. The van der Waals surface area contributed by atoms with Gasteiger partial charge in [0.25, 0.3) is 0 Å². The van der Waals surface area contributed by atoms with Crippen LogP contribution in [-0.2, 0) is 11.3 Å². The Morgan fingerprint density at radius 3 is 2.88 bits per heavy atom. The fourth-order valence-electron chi connectivity index (χ4n) is 3.40. The number of nitrogens with two attached hydrogens (primary N) is 1. The molecule has 0 bridgehead atoms. The lowest BCUT2D eigenvalue weighted by Gasteiger charge is -2.35. The zero-order valence-electron chi connectivity index (χ0n) is 14.6. The Hall–Kier alpha value is -1.69. The highest BCUT2D eigenvalue weighted by atomic mass is 32.1. The third-order valence-corrected chi connectivity index (χ3v) is 5.70. The van der Waals surface area contributed by atoms with Crippen molar-refractivity contribution in [2.24, 2.45) is 5.73 Å². The molecular formula is C20H27N3OS. The van der Waals surface area contributed by atoms with Gasteiger partial charge in [0.05, 0.1) is 0 Å². The molecule has 0 saturated carbocycles. The third-order valence-electron chi connectivity index (χ3n) is 4.78. The molecule has 1 amide bonds. The number of thiophene rings is 1. The second-order valence-corrected chi connectivity index (χ2v) is 7.63. The first-order valence-electron chi connectivity index (χ1n) is 9.10. The average Bonchev–Trinajstić information content (AvgIpc) is 3.11. The number of nitrogens with one attached hydrogen (secondary N) is 1. The number of hydrogen-bond donors (Lipinski definition) is 2. The van der Waals surface area contributed by atoms with E-state index in [1.165, 1.54) is 28.8 Å². The predicted octanol–water partition coefficient (Wildman–Crippen LogP) is 3.23. The van der Waals surface area contributed by atoms with Crippen LogP contribution in [0.4, 0.5) is 0 Å². The summed E-state index contributed by atoms with van der Waals surface area (Å²) in [7, 11) is 0. The molecule has 0 aliphatic carbocycles. The zero-order chi connectivity index (χ0) is 17.5. The van der Waals surface area contributed by atoms with Gasteiger partial charge in [0, 0.05) is 37.0 Å². The van der Waals surface area contributed by atoms with Gasteiger partial charge in [-0.3, -0.25) is 9.69 Å². The lowest BCUT2D eigenvalue weighted by atomic mass is 10.0. The third kappa shape index (κ3) is 5.14. The van der Waals surface area contributed by atoms with Crippen molar-refractivity contribution in [2.75, 3.05) is 19.6 Å². The van der Waals surface area contributed by atoms with Crippen LogP contribution in [0.25, 0.3) is 11.1 Å². The number of carbonyl (C=O) groups excluding carboxylic acids is 1. The fraction of sp³-hybridized carbons (Fsp3) is 0.450. The van der Waals surface area contributed by atoms with Crippen LogP contribution >= 0.6 is 11.3 Å². The summed E-state index contributed by atoms with van der Waals surface area (Å²) in [6.07, 6.45) is 4.05. The lowest BCUT2D eigenvalue weighted by molar-refractivity contribution is -0.121. The van der Waals surface area contributed by atoms with Crippen molar-refractivity contribution >= 4 is 17.2 Å². The van der Waals surface area contributed by atoms with E-state index in [9.17, 15) is 4.79 Å². The van der Waals surface area contributed by atoms with Crippen molar-refractivity contribution in [1.82, 2.24) is 10.2 Å². The minimum atomic E-state index is 0.0653. The van der Waals surface area contributed by atoms with Crippen molar-refractivity contribution in [2.45, 2.75) is 38.3 Å². The maximum absolute atomic E-state index is 11.7. The number of benzene rings is 1. The molecule has 0 radical (unpaired) electrons. The summed E-state index contributed by atoms with van der Waals surface area (Å²) in [4.78, 5) is 15.6. The minimum Gasteiger partial charge on any atom is -0.354 e. The highest BCUT2D eigenvalue weighted by Crippen LogP contribution is 2.28. The van der Waals surface area contributed by atoms with Gasteiger partial charge >= 0.3 is 0 Å². The topological polar surface area (TPSA) is 58.4 Å². The van der Waals surface area contributed by atoms with Gasteiger partial charge < -0.3 is 11.1 Å². The number of hydrogen-bond acceptors (Lipinski definition) is 4. The largest absolute Gasteiger partial charge is 0.354 e. The molecule has 134 valence electrons. The van der Waals surface area contributed by atoms with E-state index >= 15 is 0 Å². The molecule has 2 aromatic rings. The van der Waals surface area contributed by atoms with Gasteiger partial charge in [-0.1, -0.05) is 36.8 Å². The summed E-state index contributed by atoms with van der Waals surface area (Å²) in [6, 6.07) is 13.3. The van der Waals surface area contributed by atoms with Gasteiger partial charge in [-0.2, -0.15) is 0 Å². The Kier molecular flexibility index (Phi) is 6.62. The van der Waals surface area contributed by atoms with E-state index in [1.54, 1.807) is 0 Å². The van der Waals surface area contributed by atoms with Crippen molar-refractivity contribution in [1.29, 1.82) is 0 Å². The van der Waals surface area contributed by atoms with Crippen molar-refractivity contribution in [3.05, 3.63) is 46.7 Å². The van der Waals surface area contributed by atoms with E-state index in [2.05, 4.69) is 45.9 Å². The van der Waals surface area contributed by atoms with Gasteiger partial charge in [-0.05, 0) is 42.0 Å². The highest BCUT2D eigenvalue weighted by Gasteiger charge is 2.23. The second-order valence-electron chi connectivity index (χ2n) is 6.63. The fourth-order valence-corrected chi connectivity index (χ4v) is 4.31. The van der Waals surface area contributed by atoms with Gasteiger partial charge in [0.15, 0.2) is 0 Å². The van der Waals surface area contributed by atoms with E-state index in [1.807, 2.05) is 17.4 Å². The van der Waals surface area contributed by atoms with Gasteiger partial charge in [0.1, 0.15) is 0 Å². The summed E-state index contributed by atoms with van der Waals surface area (Å²) in [6.45, 7) is 3.22. The first-order chi connectivity index (χ1) is 12.3. The molecule has 3 rings (SSSR count). The summed E-state index contributed by atoms with van der Waals surface area (Å²) in [5, 5.41) is 5.29. The minimum absolute atomic E-state index is 0.0653. The molecule has 1 aromatic heterocycles.